The molecule has 0 amide bonds. The van der Waals surface area contributed by atoms with Crippen molar-refractivity contribution in [2.75, 3.05) is 0 Å². The molecule has 4 unspecified atom stereocenters. The highest BCUT2D eigenvalue weighted by atomic mass is 14.8. The molecule has 0 aromatic heterocycles. The third kappa shape index (κ3) is 0.320. The maximum Gasteiger partial charge on any atom is -0.0263 e. The molecule has 3 aliphatic rings. The van der Waals surface area contributed by atoms with Gasteiger partial charge in [0.2, 0.25) is 0 Å². The first-order chi connectivity index (χ1) is 4.37. The molecule has 0 heterocycles. The molecule has 0 aromatic carbocycles. The first kappa shape index (κ1) is 4.76. The van der Waals surface area contributed by atoms with Gasteiger partial charge in [0, 0.05) is 0 Å². The number of hydrogen-bond acceptors (Lipinski definition) is 0. The number of hydrogen-bond donors (Lipinski definition) is 0. The minimum Gasteiger partial charge on any atom is -0.0648 e. The van der Waals surface area contributed by atoms with Crippen LogP contribution in [0.3, 0.4) is 0 Å². The molecule has 3 rings (SSSR count). The van der Waals surface area contributed by atoms with Gasteiger partial charge in [0.15, 0.2) is 0 Å². The Hall–Kier alpha value is 0. The second-order valence-corrected chi connectivity index (χ2v) is 4.31. The molecule has 0 nitrogen and oxygen atoms in total. The molecule has 0 aromatic rings. The van der Waals surface area contributed by atoms with E-state index in [4.69, 9.17) is 0 Å². The highest BCUT2D eigenvalue weighted by Crippen LogP contribution is 2.80. The molecule has 3 aliphatic carbocycles. The average Bonchev–Trinajstić information content (AvgIpc) is 2.33. The first-order valence-corrected chi connectivity index (χ1v) is 4.37. The zero-order chi connectivity index (χ0) is 6.06. The van der Waals surface area contributed by atoms with Crippen LogP contribution in [0.15, 0.2) is 0 Å². The van der Waals surface area contributed by atoms with Crippen LogP contribution in [0.4, 0.5) is 0 Å². The highest BCUT2D eigenvalue weighted by molar-refractivity contribution is 5.21. The summed E-state index contributed by atoms with van der Waals surface area (Å²) >= 11 is 0. The second-order valence-electron chi connectivity index (χ2n) is 4.31. The van der Waals surface area contributed by atoms with Gasteiger partial charge in [-0.3, -0.25) is 0 Å². The predicted molar refractivity (Wildman–Crippen MR) is 37.0 cm³/mol. The Balaban J connectivity index is 1.96. The van der Waals surface area contributed by atoms with Gasteiger partial charge >= 0.3 is 0 Å². The Morgan fingerprint density at radius 2 is 2.33 bits per heavy atom. The van der Waals surface area contributed by atoms with Crippen LogP contribution < -0.4 is 0 Å². The quantitative estimate of drug-likeness (QED) is 0.501. The monoisotopic (exact) mass is 122 g/mol. The summed E-state index contributed by atoms with van der Waals surface area (Å²) in [5.74, 6) is 3.70. The Morgan fingerprint density at radius 1 is 1.44 bits per heavy atom. The summed E-state index contributed by atoms with van der Waals surface area (Å²) in [6.45, 7) is 2.39. The molecule has 0 N–H and O–H groups in total. The Kier molecular flexibility index (Phi) is 0.574. The maximum absolute atomic E-state index is 2.39. The van der Waals surface area contributed by atoms with Crippen molar-refractivity contribution in [3.8, 4) is 0 Å². The normalized spacial score (nSPS) is 67.0. The van der Waals surface area contributed by atoms with E-state index >= 15 is 0 Å². The standard InChI is InChI=1S/C9H14/c1-2-9-4-3-6-7(5-9)8(6)9/h6-8H,2-5H2,1H3. The van der Waals surface area contributed by atoms with E-state index in [-0.39, 0.29) is 0 Å². The van der Waals surface area contributed by atoms with Gasteiger partial charge in [-0.05, 0) is 42.4 Å². The van der Waals surface area contributed by atoms with E-state index in [1.807, 2.05) is 0 Å². The third-order valence-electron chi connectivity index (χ3n) is 4.36. The smallest absolute Gasteiger partial charge is 0.0263 e. The summed E-state index contributed by atoms with van der Waals surface area (Å²) in [6, 6.07) is 0. The Morgan fingerprint density at radius 3 is 2.56 bits per heavy atom. The third-order valence-corrected chi connectivity index (χ3v) is 4.36. The van der Waals surface area contributed by atoms with Crippen molar-refractivity contribution in [2.24, 2.45) is 23.2 Å². The van der Waals surface area contributed by atoms with E-state index in [1.165, 1.54) is 24.2 Å². The van der Waals surface area contributed by atoms with Crippen LogP contribution in [0, 0.1) is 23.2 Å². The fraction of sp³-hybridized carbons (Fsp3) is 1.00. The van der Waals surface area contributed by atoms with E-state index in [2.05, 4.69) is 6.92 Å². The molecule has 0 radical (unpaired) electrons. The molecule has 0 aliphatic heterocycles. The van der Waals surface area contributed by atoms with Crippen LogP contribution in [0.25, 0.3) is 0 Å². The van der Waals surface area contributed by atoms with Gasteiger partial charge in [-0.1, -0.05) is 13.3 Å². The lowest BCUT2D eigenvalue weighted by Crippen LogP contribution is -2.31. The molecule has 0 bridgehead atoms. The topological polar surface area (TPSA) is 0 Å². The van der Waals surface area contributed by atoms with Gasteiger partial charge in [-0.25, -0.2) is 0 Å². The van der Waals surface area contributed by atoms with Crippen molar-refractivity contribution in [1.29, 1.82) is 0 Å². The van der Waals surface area contributed by atoms with Crippen LogP contribution in [0.5, 0.6) is 0 Å². The van der Waals surface area contributed by atoms with Crippen LogP contribution in [0.2, 0.25) is 0 Å². The lowest BCUT2D eigenvalue weighted by Gasteiger charge is -2.40. The van der Waals surface area contributed by atoms with Crippen molar-refractivity contribution in [3.63, 3.8) is 0 Å². The van der Waals surface area contributed by atoms with Gasteiger partial charge in [-0.15, -0.1) is 0 Å². The molecule has 0 heteroatoms. The van der Waals surface area contributed by atoms with Gasteiger partial charge in [0.1, 0.15) is 0 Å². The lowest BCUT2D eigenvalue weighted by molar-refractivity contribution is 0.0989. The largest absolute Gasteiger partial charge is 0.0648 e. The Labute approximate surface area is 56.6 Å². The van der Waals surface area contributed by atoms with Crippen molar-refractivity contribution in [1.82, 2.24) is 0 Å². The predicted octanol–water partition coefficient (Wildman–Crippen LogP) is 2.44. The highest BCUT2D eigenvalue weighted by Gasteiger charge is 2.73. The van der Waals surface area contributed by atoms with Gasteiger partial charge in [-0.2, -0.15) is 0 Å². The summed E-state index contributed by atoms with van der Waals surface area (Å²) in [6.07, 6.45) is 6.25. The molecule has 4 atom stereocenters. The Bertz CT molecular complexity index is 157. The van der Waals surface area contributed by atoms with Crippen molar-refractivity contribution in [2.45, 2.75) is 32.6 Å². The number of rotatable bonds is 1. The van der Waals surface area contributed by atoms with E-state index < -0.39 is 0 Å². The zero-order valence-corrected chi connectivity index (χ0v) is 6.06. The maximum atomic E-state index is 2.39. The van der Waals surface area contributed by atoms with Crippen LogP contribution in [0.1, 0.15) is 32.6 Å². The zero-order valence-electron chi connectivity index (χ0n) is 6.06. The summed E-state index contributed by atoms with van der Waals surface area (Å²) in [5, 5.41) is 0. The van der Waals surface area contributed by atoms with Crippen LogP contribution in [-0.4, -0.2) is 0 Å². The van der Waals surface area contributed by atoms with Gasteiger partial charge < -0.3 is 0 Å². The molecule has 0 saturated heterocycles. The van der Waals surface area contributed by atoms with E-state index in [9.17, 15) is 0 Å². The van der Waals surface area contributed by atoms with Gasteiger partial charge in [0.25, 0.3) is 0 Å². The van der Waals surface area contributed by atoms with E-state index in [0.29, 0.717) is 0 Å². The van der Waals surface area contributed by atoms with E-state index in [1.54, 1.807) is 19.3 Å². The lowest BCUT2D eigenvalue weighted by atomic mass is 9.65. The molecule has 3 saturated carbocycles. The summed E-state index contributed by atoms with van der Waals surface area (Å²) in [5.41, 5.74) is 0.912. The molecule has 3 fully saturated rings. The summed E-state index contributed by atoms with van der Waals surface area (Å²) < 4.78 is 0. The molecule has 0 spiro atoms. The molecule has 9 heavy (non-hydrogen) atoms. The molecular weight excluding hydrogens is 108 g/mol. The van der Waals surface area contributed by atoms with Crippen molar-refractivity contribution < 1.29 is 0 Å². The molecule has 50 valence electrons. The SMILES string of the molecule is CCC12CCC3C(C1)C32. The van der Waals surface area contributed by atoms with Crippen LogP contribution >= 0.6 is 0 Å². The fourth-order valence-electron chi connectivity index (χ4n) is 3.75. The minimum atomic E-state index is 0.912. The van der Waals surface area contributed by atoms with Gasteiger partial charge in [0.05, 0.1) is 0 Å². The van der Waals surface area contributed by atoms with Crippen molar-refractivity contribution >= 4 is 0 Å². The summed E-state index contributed by atoms with van der Waals surface area (Å²) in [4.78, 5) is 0. The summed E-state index contributed by atoms with van der Waals surface area (Å²) in [7, 11) is 0. The average molecular weight is 122 g/mol. The van der Waals surface area contributed by atoms with E-state index in [0.717, 1.165) is 5.41 Å². The number of fused-ring (bicyclic) bond motifs is 1. The fourth-order valence-corrected chi connectivity index (χ4v) is 3.75. The molecular formula is C9H14. The second kappa shape index (κ2) is 1.09. The minimum absolute atomic E-state index is 0.912. The first-order valence-electron chi connectivity index (χ1n) is 4.37. The van der Waals surface area contributed by atoms with Crippen molar-refractivity contribution in [3.05, 3.63) is 0 Å². The van der Waals surface area contributed by atoms with Crippen LogP contribution in [-0.2, 0) is 0 Å².